The average molecular weight is 434 g/mol. The number of nitrogens with zero attached hydrogens (tertiary/aromatic N) is 1. The molecule has 1 aliphatic heterocycles. The third kappa shape index (κ3) is 8.42. The van der Waals surface area contributed by atoms with E-state index in [-0.39, 0.29) is 12.6 Å². The molecule has 1 saturated heterocycles. The van der Waals surface area contributed by atoms with E-state index < -0.39 is 53.8 Å². The molecule has 5 atom stereocenters. The molecule has 1 rings (SSSR count). The van der Waals surface area contributed by atoms with Gasteiger partial charge in [0, 0.05) is 13.0 Å². The van der Waals surface area contributed by atoms with E-state index in [9.17, 15) is 19.8 Å². The summed E-state index contributed by atoms with van der Waals surface area (Å²) >= 11 is 0. The lowest BCUT2D eigenvalue weighted by atomic mass is 9.89. The number of carbonyl (C=O) groups is 2. The number of aliphatic hydroxyl groups excluding tert-OH is 2. The van der Waals surface area contributed by atoms with Crippen molar-refractivity contribution in [1.29, 1.82) is 0 Å². The molecule has 1 fully saturated rings. The standard InChI is InChI=1S/C19H35N3O8/c1-10-11(9-23)28-14(27-8)12(13(10)24)20-15(21-16(25)29-18(2,3)4)22-17(26)30-19(5,6)7/h10-14,23-24H,9H2,1-8H3,(H2,20,21,22,25,26)/t10-,11+,12+,13-,14?/m0/s1. The minimum Gasteiger partial charge on any atom is -0.444 e. The molecule has 1 unspecified atom stereocenters. The third-order valence-electron chi connectivity index (χ3n) is 4.03. The molecule has 11 nitrogen and oxygen atoms in total. The Hall–Kier alpha value is -1.95. The predicted molar refractivity (Wildman–Crippen MR) is 108 cm³/mol. The third-order valence-corrected chi connectivity index (χ3v) is 4.03. The number of carbonyl (C=O) groups excluding carboxylic acids is 2. The Morgan fingerprint density at radius 2 is 1.67 bits per heavy atom. The molecule has 0 aromatic carbocycles. The summed E-state index contributed by atoms with van der Waals surface area (Å²) in [5.41, 5.74) is -1.59. The fraction of sp³-hybridized carbons (Fsp3) is 0.842. The summed E-state index contributed by atoms with van der Waals surface area (Å²) in [4.78, 5) is 28.1. The molecule has 174 valence electrons. The number of rotatable bonds is 3. The van der Waals surface area contributed by atoms with E-state index in [4.69, 9.17) is 18.9 Å². The Labute approximate surface area is 177 Å². The van der Waals surface area contributed by atoms with E-state index in [1.807, 2.05) is 0 Å². The van der Waals surface area contributed by atoms with Crippen LogP contribution in [0.3, 0.4) is 0 Å². The van der Waals surface area contributed by atoms with Crippen LogP contribution < -0.4 is 10.6 Å². The van der Waals surface area contributed by atoms with Gasteiger partial charge in [0.1, 0.15) is 17.2 Å². The van der Waals surface area contributed by atoms with Crippen LogP contribution in [0.5, 0.6) is 0 Å². The summed E-state index contributed by atoms with van der Waals surface area (Å²) in [6, 6.07) is -0.913. The molecule has 0 radical (unpaired) electrons. The van der Waals surface area contributed by atoms with Crippen LogP contribution >= 0.6 is 0 Å². The number of alkyl carbamates (subject to hydrolysis) is 1. The number of hydrogen-bond donors (Lipinski definition) is 4. The first-order valence-corrected chi connectivity index (χ1v) is 9.72. The topological polar surface area (TPSA) is 148 Å². The number of amides is 2. The Morgan fingerprint density at radius 1 is 1.10 bits per heavy atom. The molecule has 0 saturated carbocycles. The van der Waals surface area contributed by atoms with Gasteiger partial charge in [-0.25, -0.2) is 9.59 Å². The van der Waals surface area contributed by atoms with Gasteiger partial charge in [-0.15, -0.1) is 4.99 Å². The van der Waals surface area contributed by atoms with Crippen molar-refractivity contribution in [3.63, 3.8) is 0 Å². The monoisotopic (exact) mass is 433 g/mol. The van der Waals surface area contributed by atoms with Gasteiger partial charge in [0.15, 0.2) is 6.29 Å². The van der Waals surface area contributed by atoms with E-state index >= 15 is 0 Å². The average Bonchev–Trinajstić information content (AvgIpc) is 2.55. The number of aliphatic hydroxyl groups is 2. The van der Waals surface area contributed by atoms with Crippen molar-refractivity contribution in [3.8, 4) is 0 Å². The molecule has 30 heavy (non-hydrogen) atoms. The molecule has 11 heteroatoms. The van der Waals surface area contributed by atoms with Crippen molar-refractivity contribution in [2.45, 2.75) is 84.2 Å². The van der Waals surface area contributed by atoms with Crippen molar-refractivity contribution in [1.82, 2.24) is 10.6 Å². The summed E-state index contributed by atoms with van der Waals surface area (Å²) in [6.45, 7) is 11.4. The largest absolute Gasteiger partial charge is 0.444 e. The maximum Gasteiger partial charge on any atom is 0.437 e. The molecule has 0 aliphatic carbocycles. The molecule has 2 amide bonds. The van der Waals surface area contributed by atoms with Gasteiger partial charge in [0.05, 0.1) is 18.8 Å². The first-order chi connectivity index (χ1) is 13.7. The molecule has 0 spiro atoms. The second-order valence-corrected chi connectivity index (χ2v) is 9.05. The lowest BCUT2D eigenvalue weighted by molar-refractivity contribution is -0.243. The smallest absolute Gasteiger partial charge is 0.437 e. The van der Waals surface area contributed by atoms with Gasteiger partial charge in [-0.05, 0) is 41.5 Å². The van der Waals surface area contributed by atoms with Gasteiger partial charge in [0.25, 0.3) is 0 Å². The predicted octanol–water partition coefficient (Wildman–Crippen LogP) is 1.12. The lowest BCUT2D eigenvalue weighted by Gasteiger charge is -2.43. The van der Waals surface area contributed by atoms with Crippen molar-refractivity contribution >= 4 is 18.1 Å². The Bertz CT molecular complexity index is 624. The van der Waals surface area contributed by atoms with E-state index in [0.29, 0.717) is 0 Å². The Morgan fingerprint density at radius 3 is 2.13 bits per heavy atom. The van der Waals surface area contributed by atoms with Crippen LogP contribution in [0.2, 0.25) is 0 Å². The van der Waals surface area contributed by atoms with Crippen molar-refractivity contribution in [2.24, 2.45) is 10.9 Å². The fourth-order valence-corrected chi connectivity index (χ4v) is 2.68. The summed E-state index contributed by atoms with van der Waals surface area (Å²) in [7, 11) is 1.36. The maximum atomic E-state index is 12.2. The second kappa shape index (κ2) is 10.4. The molecule has 0 aromatic rings. The van der Waals surface area contributed by atoms with Crippen molar-refractivity contribution in [2.75, 3.05) is 13.7 Å². The minimum absolute atomic E-state index is 0.303. The number of guanidine groups is 1. The number of nitrogens with one attached hydrogen (secondary N) is 2. The van der Waals surface area contributed by atoms with Gasteiger partial charge in [-0.1, -0.05) is 6.92 Å². The van der Waals surface area contributed by atoms with Gasteiger partial charge in [0.2, 0.25) is 5.96 Å². The van der Waals surface area contributed by atoms with E-state index in [1.165, 1.54) is 7.11 Å². The molecule has 1 heterocycles. The number of ether oxygens (including phenoxy) is 4. The van der Waals surface area contributed by atoms with Crippen molar-refractivity contribution in [3.05, 3.63) is 0 Å². The molecular formula is C19H35N3O8. The van der Waals surface area contributed by atoms with E-state index in [1.54, 1.807) is 48.5 Å². The van der Waals surface area contributed by atoms with Gasteiger partial charge < -0.3 is 34.5 Å². The van der Waals surface area contributed by atoms with Crippen molar-refractivity contribution < 1.29 is 38.7 Å². The quantitative estimate of drug-likeness (QED) is 0.379. The number of methoxy groups -OCH3 is 1. The van der Waals surface area contributed by atoms with Gasteiger partial charge >= 0.3 is 12.2 Å². The highest BCUT2D eigenvalue weighted by Gasteiger charge is 2.43. The molecular weight excluding hydrogens is 398 g/mol. The molecule has 1 aliphatic rings. The zero-order valence-corrected chi connectivity index (χ0v) is 18.9. The van der Waals surface area contributed by atoms with E-state index in [2.05, 4.69) is 15.6 Å². The normalized spacial score (nSPS) is 27.9. The first kappa shape index (κ1) is 26.1. The van der Waals surface area contributed by atoms with Gasteiger partial charge in [-0.3, -0.25) is 5.32 Å². The summed E-state index contributed by atoms with van der Waals surface area (Å²) in [6.07, 6.45) is -4.50. The second-order valence-electron chi connectivity index (χ2n) is 9.05. The fourth-order valence-electron chi connectivity index (χ4n) is 2.68. The van der Waals surface area contributed by atoms with Crippen LogP contribution in [-0.2, 0) is 18.9 Å². The van der Waals surface area contributed by atoms with Crippen LogP contribution in [0.25, 0.3) is 0 Å². The number of hydrogen-bond acceptors (Lipinski definition) is 8. The molecule has 4 N–H and O–H groups in total. The van der Waals surface area contributed by atoms with Crippen LogP contribution in [0, 0.1) is 5.92 Å². The Kier molecular flexibility index (Phi) is 9.03. The summed E-state index contributed by atoms with van der Waals surface area (Å²) in [5.74, 6) is -0.772. The lowest BCUT2D eigenvalue weighted by Crippen LogP contribution is -2.63. The molecule has 0 bridgehead atoms. The van der Waals surface area contributed by atoms with Crippen LogP contribution in [0.15, 0.2) is 4.99 Å². The molecule has 0 aromatic heterocycles. The van der Waals surface area contributed by atoms with Crippen LogP contribution in [-0.4, -0.2) is 77.8 Å². The number of aliphatic imine (C=N–C) groups is 1. The first-order valence-electron chi connectivity index (χ1n) is 9.72. The summed E-state index contributed by atoms with van der Waals surface area (Å²) < 4.78 is 21.3. The maximum absolute atomic E-state index is 12.2. The van der Waals surface area contributed by atoms with Gasteiger partial charge in [-0.2, -0.15) is 0 Å². The van der Waals surface area contributed by atoms with Crippen LogP contribution in [0.1, 0.15) is 48.5 Å². The highest BCUT2D eigenvalue weighted by Crippen LogP contribution is 2.26. The van der Waals surface area contributed by atoms with E-state index in [0.717, 1.165) is 0 Å². The Balaban J connectivity index is 3.11. The SMILES string of the molecule is COC1O[C@H](CO)[C@H](C)[C@H](O)[C@H]1N/C(=N\C(=O)OC(C)(C)C)NC(=O)OC(C)(C)C. The summed E-state index contributed by atoms with van der Waals surface area (Å²) in [5, 5.41) is 25.2. The van der Waals surface area contributed by atoms with Crippen LogP contribution in [0.4, 0.5) is 9.59 Å². The zero-order valence-electron chi connectivity index (χ0n) is 18.9. The minimum atomic E-state index is -1.05. The zero-order chi connectivity index (χ0) is 23.3. The highest BCUT2D eigenvalue weighted by atomic mass is 16.7. The highest BCUT2D eigenvalue weighted by molar-refractivity contribution is 5.99.